The van der Waals surface area contributed by atoms with Crippen molar-refractivity contribution in [3.8, 4) is 0 Å². The lowest BCUT2D eigenvalue weighted by Crippen LogP contribution is -2.30. The number of H-pyrrole nitrogens is 1. The molecule has 0 saturated carbocycles. The molecule has 16 heavy (non-hydrogen) atoms. The van der Waals surface area contributed by atoms with Gasteiger partial charge in [-0.25, -0.2) is 0 Å². The van der Waals surface area contributed by atoms with Crippen LogP contribution < -0.4 is 0 Å². The van der Waals surface area contributed by atoms with Crippen LogP contribution in [0.5, 0.6) is 0 Å². The highest BCUT2D eigenvalue weighted by molar-refractivity contribution is 7.71. The SMILES string of the molecule is CC(C)c1n[nH]c(=S)n1CC1CCCN1C. The van der Waals surface area contributed by atoms with Crippen LogP contribution in [0.4, 0.5) is 0 Å². The molecule has 1 aliphatic heterocycles. The zero-order valence-electron chi connectivity index (χ0n) is 10.2. The molecule has 2 heterocycles. The highest BCUT2D eigenvalue weighted by Crippen LogP contribution is 2.19. The van der Waals surface area contributed by atoms with Gasteiger partial charge in [0.2, 0.25) is 0 Å². The number of nitrogens with one attached hydrogen (secondary N) is 1. The first-order valence-electron chi connectivity index (χ1n) is 5.95. The fraction of sp³-hybridized carbons (Fsp3) is 0.818. The summed E-state index contributed by atoms with van der Waals surface area (Å²) in [6, 6.07) is 0.613. The minimum Gasteiger partial charge on any atom is -0.302 e. The van der Waals surface area contributed by atoms with E-state index in [1.807, 2.05) is 0 Å². The van der Waals surface area contributed by atoms with Crippen molar-refractivity contribution >= 4 is 12.2 Å². The quantitative estimate of drug-likeness (QED) is 0.823. The van der Waals surface area contributed by atoms with Gasteiger partial charge in [0, 0.05) is 18.5 Å². The zero-order valence-corrected chi connectivity index (χ0v) is 11.0. The van der Waals surface area contributed by atoms with Crippen LogP contribution in [0, 0.1) is 4.77 Å². The monoisotopic (exact) mass is 240 g/mol. The molecule has 1 N–H and O–H groups in total. The van der Waals surface area contributed by atoms with Crippen LogP contribution in [0.2, 0.25) is 0 Å². The smallest absolute Gasteiger partial charge is 0.195 e. The van der Waals surface area contributed by atoms with Gasteiger partial charge in [-0.3, -0.25) is 5.10 Å². The average molecular weight is 240 g/mol. The number of aromatic nitrogens is 3. The average Bonchev–Trinajstić information content (AvgIpc) is 2.76. The molecule has 0 bridgehead atoms. The minimum atomic E-state index is 0.416. The van der Waals surface area contributed by atoms with Gasteiger partial charge in [-0.2, -0.15) is 5.10 Å². The van der Waals surface area contributed by atoms with E-state index in [2.05, 4.69) is 40.6 Å². The summed E-state index contributed by atoms with van der Waals surface area (Å²) in [5.74, 6) is 1.49. The van der Waals surface area contributed by atoms with E-state index in [0.29, 0.717) is 12.0 Å². The highest BCUT2D eigenvalue weighted by Gasteiger charge is 2.23. The molecule has 5 heteroatoms. The molecule has 1 aromatic heterocycles. The van der Waals surface area contributed by atoms with Crippen molar-refractivity contribution in [1.82, 2.24) is 19.7 Å². The molecule has 0 radical (unpaired) electrons. The van der Waals surface area contributed by atoms with Crippen molar-refractivity contribution in [1.29, 1.82) is 0 Å². The van der Waals surface area contributed by atoms with E-state index in [1.54, 1.807) is 0 Å². The molecular weight excluding hydrogens is 220 g/mol. The Hall–Kier alpha value is -0.680. The highest BCUT2D eigenvalue weighted by atomic mass is 32.1. The number of nitrogens with zero attached hydrogens (tertiary/aromatic N) is 3. The van der Waals surface area contributed by atoms with Gasteiger partial charge in [0.15, 0.2) is 4.77 Å². The van der Waals surface area contributed by atoms with Crippen molar-refractivity contribution in [2.75, 3.05) is 13.6 Å². The van der Waals surface area contributed by atoms with Crippen molar-refractivity contribution < 1.29 is 0 Å². The summed E-state index contributed by atoms with van der Waals surface area (Å²) in [4.78, 5) is 2.42. The molecule has 1 fully saturated rings. The van der Waals surface area contributed by atoms with Gasteiger partial charge in [0.1, 0.15) is 5.82 Å². The Morgan fingerprint density at radius 1 is 1.56 bits per heavy atom. The van der Waals surface area contributed by atoms with Crippen molar-refractivity contribution in [2.45, 2.75) is 45.2 Å². The molecule has 1 saturated heterocycles. The van der Waals surface area contributed by atoms with Crippen molar-refractivity contribution in [3.05, 3.63) is 10.6 Å². The lowest BCUT2D eigenvalue weighted by Gasteiger charge is -2.21. The Balaban J connectivity index is 2.20. The topological polar surface area (TPSA) is 36.9 Å². The van der Waals surface area contributed by atoms with Crippen LogP contribution in [0.15, 0.2) is 0 Å². The Morgan fingerprint density at radius 2 is 2.31 bits per heavy atom. The molecule has 1 aromatic rings. The number of hydrogen-bond donors (Lipinski definition) is 1. The van der Waals surface area contributed by atoms with E-state index in [1.165, 1.54) is 19.4 Å². The third-order valence-electron chi connectivity index (χ3n) is 3.37. The van der Waals surface area contributed by atoms with Crippen molar-refractivity contribution in [3.63, 3.8) is 0 Å². The van der Waals surface area contributed by atoms with Gasteiger partial charge < -0.3 is 9.47 Å². The first-order valence-corrected chi connectivity index (χ1v) is 6.35. The number of likely N-dealkylation sites (N-methyl/N-ethyl adjacent to an activating group) is 1. The fourth-order valence-electron chi connectivity index (χ4n) is 2.37. The first-order chi connectivity index (χ1) is 7.59. The molecule has 0 aromatic carbocycles. The summed E-state index contributed by atoms with van der Waals surface area (Å²) in [6.45, 7) is 6.48. The van der Waals surface area contributed by atoms with Gasteiger partial charge >= 0.3 is 0 Å². The van der Waals surface area contributed by atoms with Crippen LogP contribution >= 0.6 is 12.2 Å². The van der Waals surface area contributed by atoms with Crippen LogP contribution in [0.3, 0.4) is 0 Å². The molecule has 2 rings (SSSR count). The summed E-state index contributed by atoms with van der Waals surface area (Å²) in [5, 5.41) is 7.21. The molecule has 0 aliphatic carbocycles. The third-order valence-corrected chi connectivity index (χ3v) is 3.68. The Kier molecular flexibility index (Phi) is 3.44. The van der Waals surface area contributed by atoms with E-state index in [4.69, 9.17) is 12.2 Å². The Labute approximate surface area is 102 Å². The molecule has 1 unspecified atom stereocenters. The first kappa shape index (κ1) is 11.8. The molecule has 4 nitrogen and oxygen atoms in total. The van der Waals surface area contributed by atoms with Gasteiger partial charge in [0.05, 0.1) is 0 Å². The normalized spacial score (nSPS) is 22.1. The second-order valence-electron chi connectivity index (χ2n) is 4.93. The van der Waals surface area contributed by atoms with Crippen LogP contribution in [-0.4, -0.2) is 39.3 Å². The standard InChI is InChI=1S/C11H20N4S/c1-8(2)10-12-13-11(16)15(10)7-9-5-4-6-14(9)3/h8-9H,4-7H2,1-3H3,(H,13,16). The van der Waals surface area contributed by atoms with Crippen LogP contribution in [0.25, 0.3) is 0 Å². The zero-order chi connectivity index (χ0) is 11.7. The summed E-state index contributed by atoms with van der Waals surface area (Å²) in [7, 11) is 2.19. The maximum absolute atomic E-state index is 5.29. The maximum atomic E-state index is 5.29. The van der Waals surface area contributed by atoms with Gasteiger partial charge in [-0.1, -0.05) is 13.8 Å². The Morgan fingerprint density at radius 3 is 2.88 bits per heavy atom. The summed E-state index contributed by atoms with van der Waals surface area (Å²) < 4.78 is 2.91. The van der Waals surface area contributed by atoms with E-state index >= 15 is 0 Å². The van der Waals surface area contributed by atoms with E-state index in [-0.39, 0.29) is 0 Å². The van der Waals surface area contributed by atoms with Crippen LogP contribution in [-0.2, 0) is 6.54 Å². The fourth-order valence-corrected chi connectivity index (χ4v) is 2.58. The predicted molar refractivity (Wildman–Crippen MR) is 67.2 cm³/mol. The van der Waals surface area contributed by atoms with Gasteiger partial charge in [0.25, 0.3) is 0 Å². The summed E-state index contributed by atoms with van der Waals surface area (Å²) >= 11 is 5.29. The maximum Gasteiger partial charge on any atom is 0.195 e. The predicted octanol–water partition coefficient (Wildman–Crippen LogP) is 2.16. The lowest BCUT2D eigenvalue weighted by atomic mass is 10.2. The number of likely N-dealkylation sites (tertiary alicyclic amines) is 1. The molecule has 90 valence electrons. The second-order valence-corrected chi connectivity index (χ2v) is 5.32. The molecule has 1 atom stereocenters. The van der Waals surface area contributed by atoms with E-state index < -0.39 is 0 Å². The Bertz CT molecular complexity index is 406. The number of rotatable bonds is 3. The van der Waals surface area contributed by atoms with Crippen LogP contribution in [0.1, 0.15) is 38.4 Å². The largest absolute Gasteiger partial charge is 0.302 e. The number of aromatic amines is 1. The molecular formula is C11H20N4S. The third kappa shape index (κ3) is 2.20. The van der Waals surface area contributed by atoms with Gasteiger partial charge in [-0.05, 0) is 38.7 Å². The number of hydrogen-bond acceptors (Lipinski definition) is 3. The minimum absolute atomic E-state index is 0.416. The summed E-state index contributed by atoms with van der Waals surface area (Å²) in [6.07, 6.45) is 2.56. The van der Waals surface area contributed by atoms with E-state index in [0.717, 1.165) is 17.1 Å². The molecule has 0 spiro atoms. The van der Waals surface area contributed by atoms with Gasteiger partial charge in [-0.15, -0.1) is 0 Å². The molecule has 0 amide bonds. The van der Waals surface area contributed by atoms with E-state index in [9.17, 15) is 0 Å². The molecule has 1 aliphatic rings. The van der Waals surface area contributed by atoms with Crippen molar-refractivity contribution in [2.24, 2.45) is 0 Å². The second kappa shape index (κ2) is 4.67. The summed E-state index contributed by atoms with van der Waals surface area (Å²) in [5.41, 5.74) is 0. The lowest BCUT2D eigenvalue weighted by molar-refractivity contribution is 0.278.